The van der Waals surface area contributed by atoms with Gasteiger partial charge in [0.15, 0.2) is 0 Å². The Morgan fingerprint density at radius 2 is 1.93 bits per heavy atom. The van der Waals surface area contributed by atoms with Gasteiger partial charge in [-0.15, -0.1) is 0 Å². The molecule has 1 aliphatic rings. The number of benzene rings is 1. The van der Waals surface area contributed by atoms with Crippen LogP contribution in [0.4, 0.5) is 18.9 Å². The first-order valence-corrected chi connectivity index (χ1v) is 4.08. The van der Waals surface area contributed by atoms with E-state index >= 15 is 0 Å². The summed E-state index contributed by atoms with van der Waals surface area (Å²) in [4.78, 5) is 0. The second kappa shape index (κ2) is 2.63. The van der Waals surface area contributed by atoms with Gasteiger partial charge in [-0.3, -0.25) is 0 Å². The van der Waals surface area contributed by atoms with Crippen LogP contribution in [0.25, 0.3) is 0 Å². The summed E-state index contributed by atoms with van der Waals surface area (Å²) in [5, 5.41) is 12.0. The van der Waals surface area contributed by atoms with E-state index in [4.69, 9.17) is 0 Å². The van der Waals surface area contributed by atoms with E-state index in [0.717, 1.165) is 0 Å². The molecule has 2 N–H and O–H groups in total. The number of alkyl halides is 3. The molecule has 0 fully saturated rings. The maximum absolute atomic E-state index is 12.5. The molecule has 76 valence electrons. The average Bonchev–Trinajstić information content (AvgIpc) is 2.45. The van der Waals surface area contributed by atoms with E-state index < -0.39 is 18.3 Å². The van der Waals surface area contributed by atoms with Crippen molar-refractivity contribution in [3.63, 3.8) is 0 Å². The van der Waals surface area contributed by atoms with Gasteiger partial charge in [-0.2, -0.15) is 13.2 Å². The molecular formula is C9H8F3NO. The normalized spacial score (nSPS) is 25.7. The van der Waals surface area contributed by atoms with Gasteiger partial charge in [0, 0.05) is 11.3 Å². The van der Waals surface area contributed by atoms with E-state index in [2.05, 4.69) is 5.32 Å². The zero-order valence-corrected chi connectivity index (χ0v) is 7.10. The number of halogens is 3. The minimum atomic E-state index is -4.65. The van der Waals surface area contributed by atoms with Crippen LogP contribution in [0.1, 0.15) is 5.56 Å². The summed E-state index contributed by atoms with van der Waals surface area (Å²) in [5.41, 5.74) is -2.51. The molecule has 0 saturated heterocycles. The van der Waals surface area contributed by atoms with E-state index in [9.17, 15) is 18.3 Å². The van der Waals surface area contributed by atoms with Crippen LogP contribution in [0.2, 0.25) is 0 Å². The van der Waals surface area contributed by atoms with Gasteiger partial charge in [-0.05, 0) is 6.07 Å². The van der Waals surface area contributed by atoms with Crippen molar-refractivity contribution in [2.24, 2.45) is 0 Å². The number of β-amino-alcohol motifs (C(OH)–C–C–N with tert-alkyl or cyclic N) is 1. The summed E-state index contributed by atoms with van der Waals surface area (Å²) in [5.74, 6) is 0. The average molecular weight is 203 g/mol. The van der Waals surface area contributed by atoms with E-state index in [-0.39, 0.29) is 5.56 Å². The molecule has 1 unspecified atom stereocenters. The van der Waals surface area contributed by atoms with E-state index in [1.165, 1.54) is 18.2 Å². The maximum atomic E-state index is 12.5. The van der Waals surface area contributed by atoms with Crippen LogP contribution in [0.5, 0.6) is 0 Å². The smallest absolute Gasteiger partial charge is 0.381 e. The van der Waals surface area contributed by atoms with Gasteiger partial charge in [0.1, 0.15) is 0 Å². The van der Waals surface area contributed by atoms with Gasteiger partial charge in [0.05, 0.1) is 6.54 Å². The summed E-state index contributed by atoms with van der Waals surface area (Å²) >= 11 is 0. The molecule has 1 aromatic rings. The van der Waals surface area contributed by atoms with Crippen molar-refractivity contribution in [1.82, 2.24) is 0 Å². The molecule has 2 rings (SSSR count). The van der Waals surface area contributed by atoms with E-state index in [1.807, 2.05) is 0 Å². The first kappa shape index (κ1) is 9.33. The molecule has 0 radical (unpaired) electrons. The molecule has 5 heteroatoms. The third kappa shape index (κ3) is 1.09. The fourth-order valence-corrected chi connectivity index (χ4v) is 1.57. The monoisotopic (exact) mass is 203 g/mol. The Bertz CT molecular complexity index is 363. The Morgan fingerprint density at radius 1 is 1.29 bits per heavy atom. The lowest BCUT2D eigenvalue weighted by Gasteiger charge is -2.25. The van der Waals surface area contributed by atoms with Crippen LogP contribution < -0.4 is 5.32 Å². The van der Waals surface area contributed by atoms with Crippen molar-refractivity contribution in [1.29, 1.82) is 0 Å². The molecule has 0 saturated carbocycles. The van der Waals surface area contributed by atoms with Gasteiger partial charge in [-0.25, -0.2) is 0 Å². The largest absolute Gasteiger partial charge is 0.423 e. The molecule has 1 heterocycles. The Labute approximate surface area is 78.4 Å². The van der Waals surface area contributed by atoms with Crippen molar-refractivity contribution in [2.75, 3.05) is 11.9 Å². The predicted molar refractivity (Wildman–Crippen MR) is 44.9 cm³/mol. The number of rotatable bonds is 0. The highest BCUT2D eigenvalue weighted by atomic mass is 19.4. The lowest BCUT2D eigenvalue weighted by Crippen LogP contribution is -2.43. The second-order valence-electron chi connectivity index (χ2n) is 3.26. The molecule has 14 heavy (non-hydrogen) atoms. The molecule has 1 aliphatic heterocycles. The predicted octanol–water partition coefficient (Wildman–Crippen LogP) is 1.86. The standard InChI is InChI=1S/C9H8F3NO/c10-9(11,12)8(14)5-13-7-4-2-1-3-6(7)8/h1-4,13-14H,5H2. The SMILES string of the molecule is OC1(C(F)(F)F)CNc2ccccc21. The highest BCUT2D eigenvalue weighted by molar-refractivity contribution is 5.59. The number of para-hydroxylation sites is 1. The minimum absolute atomic E-state index is 0.104. The molecule has 0 spiro atoms. The van der Waals surface area contributed by atoms with Gasteiger partial charge in [-0.1, -0.05) is 18.2 Å². The quantitative estimate of drug-likeness (QED) is 0.674. The molecule has 1 aromatic carbocycles. The molecule has 0 aliphatic carbocycles. The van der Waals surface area contributed by atoms with E-state index in [1.54, 1.807) is 6.07 Å². The first-order chi connectivity index (χ1) is 6.45. The zero-order valence-electron chi connectivity index (χ0n) is 7.10. The number of fused-ring (bicyclic) bond motifs is 1. The summed E-state index contributed by atoms with van der Waals surface area (Å²) in [6.45, 7) is -0.518. The van der Waals surface area contributed by atoms with Gasteiger partial charge >= 0.3 is 6.18 Å². The van der Waals surface area contributed by atoms with Crippen molar-refractivity contribution in [3.8, 4) is 0 Å². The lowest BCUT2D eigenvalue weighted by molar-refractivity contribution is -0.258. The maximum Gasteiger partial charge on any atom is 0.423 e. The van der Waals surface area contributed by atoms with Crippen LogP contribution in [0, 0.1) is 0 Å². The molecule has 1 atom stereocenters. The van der Waals surface area contributed by atoms with Crippen LogP contribution in [-0.4, -0.2) is 17.8 Å². The van der Waals surface area contributed by atoms with Gasteiger partial charge in [0.25, 0.3) is 0 Å². The summed E-state index contributed by atoms with van der Waals surface area (Å²) < 4.78 is 37.6. The number of aliphatic hydroxyl groups is 1. The number of nitrogens with one attached hydrogen (secondary N) is 1. The Kier molecular flexibility index (Phi) is 1.75. The van der Waals surface area contributed by atoms with E-state index in [0.29, 0.717) is 5.69 Å². The number of hydrogen-bond donors (Lipinski definition) is 2. The zero-order chi connectivity index (χ0) is 10.4. The first-order valence-electron chi connectivity index (χ1n) is 4.08. The third-order valence-electron chi connectivity index (χ3n) is 2.38. The van der Waals surface area contributed by atoms with Crippen molar-refractivity contribution in [2.45, 2.75) is 11.8 Å². The molecular weight excluding hydrogens is 195 g/mol. The number of hydrogen-bond acceptors (Lipinski definition) is 2. The number of anilines is 1. The summed E-state index contributed by atoms with van der Waals surface area (Å²) in [6.07, 6.45) is -4.65. The highest BCUT2D eigenvalue weighted by Gasteiger charge is 2.58. The lowest BCUT2D eigenvalue weighted by atomic mass is 9.96. The summed E-state index contributed by atoms with van der Waals surface area (Å²) in [6, 6.07) is 5.89. The highest BCUT2D eigenvalue weighted by Crippen LogP contribution is 2.45. The fraction of sp³-hybridized carbons (Fsp3) is 0.333. The van der Waals surface area contributed by atoms with Crippen molar-refractivity contribution in [3.05, 3.63) is 29.8 Å². The summed E-state index contributed by atoms with van der Waals surface area (Å²) in [7, 11) is 0. The van der Waals surface area contributed by atoms with Crippen LogP contribution in [0.3, 0.4) is 0 Å². The Hall–Kier alpha value is -1.23. The topological polar surface area (TPSA) is 32.3 Å². The van der Waals surface area contributed by atoms with Gasteiger partial charge < -0.3 is 10.4 Å². The molecule has 0 aromatic heterocycles. The fourth-order valence-electron chi connectivity index (χ4n) is 1.57. The molecule has 0 amide bonds. The van der Waals surface area contributed by atoms with Crippen LogP contribution >= 0.6 is 0 Å². The Morgan fingerprint density at radius 3 is 2.57 bits per heavy atom. The Balaban J connectivity index is 2.53. The minimum Gasteiger partial charge on any atom is -0.381 e. The van der Waals surface area contributed by atoms with Crippen molar-refractivity contribution >= 4 is 5.69 Å². The molecule has 0 bridgehead atoms. The van der Waals surface area contributed by atoms with Gasteiger partial charge in [0.2, 0.25) is 5.60 Å². The third-order valence-corrected chi connectivity index (χ3v) is 2.38. The van der Waals surface area contributed by atoms with Crippen LogP contribution in [0.15, 0.2) is 24.3 Å². The van der Waals surface area contributed by atoms with Crippen molar-refractivity contribution < 1.29 is 18.3 Å². The second-order valence-corrected chi connectivity index (χ2v) is 3.26. The molecule has 2 nitrogen and oxygen atoms in total. The van der Waals surface area contributed by atoms with Crippen LogP contribution in [-0.2, 0) is 5.60 Å².